The maximum Gasteiger partial charge on any atom is 0.153 e. The summed E-state index contributed by atoms with van der Waals surface area (Å²) in [6, 6.07) is 1.78. The number of rotatable bonds is 2. The van der Waals surface area contributed by atoms with E-state index in [0.29, 0.717) is 12.3 Å². The van der Waals surface area contributed by atoms with E-state index >= 15 is 0 Å². The normalized spacial score (nSPS) is 10.8. The van der Waals surface area contributed by atoms with Gasteiger partial charge < -0.3 is 9.73 Å². The first-order valence-corrected chi connectivity index (χ1v) is 3.00. The lowest BCUT2D eigenvalue weighted by Crippen LogP contribution is -2.10. The van der Waals surface area contributed by atoms with Crippen molar-refractivity contribution in [1.82, 2.24) is 10.2 Å². The van der Waals surface area contributed by atoms with Gasteiger partial charge in [-0.3, -0.25) is 0 Å². The Bertz CT molecular complexity index is 207. The topological polar surface area (TPSA) is 49.5 Å². The Balaban J connectivity index is 2.58. The van der Waals surface area contributed by atoms with E-state index in [0.717, 1.165) is 10.8 Å². The Hall–Kier alpha value is -0.870. The SMILES string of the molecule is Cc1cc(CN(C)O)on1. The fourth-order valence-corrected chi connectivity index (χ4v) is 0.716. The van der Waals surface area contributed by atoms with E-state index in [1.807, 2.05) is 6.92 Å². The summed E-state index contributed by atoms with van der Waals surface area (Å²) in [5, 5.41) is 13.5. The average Bonchev–Trinajstić information content (AvgIpc) is 2.13. The number of aryl methyl sites for hydroxylation is 1. The van der Waals surface area contributed by atoms with Crippen LogP contribution in [-0.4, -0.2) is 22.5 Å². The van der Waals surface area contributed by atoms with Gasteiger partial charge in [-0.05, 0) is 6.92 Å². The van der Waals surface area contributed by atoms with Crippen molar-refractivity contribution >= 4 is 0 Å². The Morgan fingerprint density at radius 3 is 2.90 bits per heavy atom. The third kappa shape index (κ3) is 1.82. The van der Waals surface area contributed by atoms with Crippen LogP contribution in [0.1, 0.15) is 11.5 Å². The fraction of sp³-hybridized carbons (Fsp3) is 0.500. The van der Waals surface area contributed by atoms with E-state index in [-0.39, 0.29) is 0 Å². The lowest BCUT2D eigenvalue weighted by Gasteiger charge is -2.01. The van der Waals surface area contributed by atoms with Crippen LogP contribution in [0, 0.1) is 6.92 Å². The van der Waals surface area contributed by atoms with Gasteiger partial charge in [0.2, 0.25) is 0 Å². The van der Waals surface area contributed by atoms with Crippen LogP contribution in [0.4, 0.5) is 0 Å². The zero-order valence-electron chi connectivity index (χ0n) is 6.03. The summed E-state index contributed by atoms with van der Waals surface area (Å²) < 4.78 is 4.82. The van der Waals surface area contributed by atoms with Crippen LogP contribution in [0.2, 0.25) is 0 Å². The summed E-state index contributed by atoms with van der Waals surface area (Å²) in [7, 11) is 1.55. The predicted molar refractivity (Wildman–Crippen MR) is 34.5 cm³/mol. The smallest absolute Gasteiger partial charge is 0.153 e. The Labute approximate surface area is 59.0 Å². The largest absolute Gasteiger partial charge is 0.360 e. The standard InChI is InChI=1S/C6H10N2O2/c1-5-3-6(10-7-5)4-8(2)9/h3,9H,4H2,1-2H3. The highest BCUT2D eigenvalue weighted by molar-refractivity contribution is 5.02. The number of hydrogen-bond acceptors (Lipinski definition) is 4. The number of aromatic nitrogens is 1. The minimum absolute atomic E-state index is 0.376. The van der Waals surface area contributed by atoms with Crippen molar-refractivity contribution in [3.8, 4) is 0 Å². The molecule has 4 heteroatoms. The molecule has 0 unspecified atom stereocenters. The number of hydroxylamine groups is 2. The first kappa shape index (κ1) is 7.24. The molecule has 1 aromatic rings. The minimum Gasteiger partial charge on any atom is -0.360 e. The third-order valence-corrected chi connectivity index (χ3v) is 1.06. The molecular weight excluding hydrogens is 132 g/mol. The molecule has 0 radical (unpaired) electrons. The monoisotopic (exact) mass is 142 g/mol. The summed E-state index contributed by atoms with van der Waals surface area (Å²) in [6.07, 6.45) is 0. The second kappa shape index (κ2) is 2.81. The molecule has 0 saturated heterocycles. The van der Waals surface area contributed by atoms with Gasteiger partial charge in [-0.2, -0.15) is 5.06 Å². The molecule has 0 aliphatic heterocycles. The molecule has 4 nitrogen and oxygen atoms in total. The Kier molecular flexibility index (Phi) is 2.03. The molecule has 0 atom stereocenters. The maximum atomic E-state index is 8.76. The van der Waals surface area contributed by atoms with Crippen LogP contribution in [0.25, 0.3) is 0 Å². The second-order valence-corrected chi connectivity index (χ2v) is 2.25. The molecule has 1 rings (SSSR count). The van der Waals surface area contributed by atoms with Crippen molar-refractivity contribution in [2.45, 2.75) is 13.5 Å². The van der Waals surface area contributed by atoms with Crippen LogP contribution in [-0.2, 0) is 6.54 Å². The average molecular weight is 142 g/mol. The highest BCUT2D eigenvalue weighted by atomic mass is 16.5. The van der Waals surface area contributed by atoms with Crippen molar-refractivity contribution < 1.29 is 9.73 Å². The molecule has 0 aliphatic rings. The maximum absolute atomic E-state index is 8.76. The second-order valence-electron chi connectivity index (χ2n) is 2.25. The molecular formula is C6H10N2O2. The van der Waals surface area contributed by atoms with Crippen molar-refractivity contribution in [2.75, 3.05) is 7.05 Å². The van der Waals surface area contributed by atoms with Crippen LogP contribution < -0.4 is 0 Å². The van der Waals surface area contributed by atoms with E-state index < -0.39 is 0 Å². The van der Waals surface area contributed by atoms with Gasteiger partial charge in [-0.25, -0.2) is 0 Å². The highest BCUT2D eigenvalue weighted by Gasteiger charge is 2.01. The quantitative estimate of drug-likeness (QED) is 0.620. The molecule has 1 heterocycles. The molecule has 0 amide bonds. The molecule has 1 N–H and O–H groups in total. The van der Waals surface area contributed by atoms with E-state index in [4.69, 9.17) is 9.73 Å². The molecule has 1 aromatic heterocycles. The first-order valence-electron chi connectivity index (χ1n) is 3.00. The van der Waals surface area contributed by atoms with Crippen LogP contribution >= 0.6 is 0 Å². The zero-order valence-corrected chi connectivity index (χ0v) is 6.03. The molecule has 0 spiro atoms. The van der Waals surface area contributed by atoms with E-state index in [1.165, 1.54) is 0 Å². The molecule has 10 heavy (non-hydrogen) atoms. The van der Waals surface area contributed by atoms with Gasteiger partial charge in [-0.1, -0.05) is 5.16 Å². The molecule has 0 aliphatic carbocycles. The predicted octanol–water partition coefficient (Wildman–Crippen LogP) is 0.804. The first-order chi connectivity index (χ1) is 4.68. The van der Waals surface area contributed by atoms with Gasteiger partial charge in [0, 0.05) is 13.1 Å². The van der Waals surface area contributed by atoms with Crippen molar-refractivity contribution in [2.24, 2.45) is 0 Å². The van der Waals surface area contributed by atoms with Gasteiger partial charge >= 0.3 is 0 Å². The van der Waals surface area contributed by atoms with Crippen molar-refractivity contribution in [3.05, 3.63) is 17.5 Å². The lowest BCUT2D eigenvalue weighted by molar-refractivity contribution is -0.0783. The molecule has 0 bridgehead atoms. The fourth-order valence-electron chi connectivity index (χ4n) is 0.716. The van der Waals surface area contributed by atoms with E-state index in [9.17, 15) is 0 Å². The molecule has 0 aromatic carbocycles. The summed E-state index contributed by atoms with van der Waals surface area (Å²) >= 11 is 0. The lowest BCUT2D eigenvalue weighted by atomic mass is 10.4. The van der Waals surface area contributed by atoms with Gasteiger partial charge in [0.15, 0.2) is 5.76 Å². The van der Waals surface area contributed by atoms with Crippen LogP contribution in [0.3, 0.4) is 0 Å². The van der Waals surface area contributed by atoms with Gasteiger partial charge in [0.1, 0.15) is 0 Å². The number of nitrogens with zero attached hydrogens (tertiary/aromatic N) is 2. The summed E-state index contributed by atoms with van der Waals surface area (Å²) in [4.78, 5) is 0. The van der Waals surface area contributed by atoms with Crippen LogP contribution in [0.5, 0.6) is 0 Å². The molecule has 0 saturated carbocycles. The van der Waals surface area contributed by atoms with Gasteiger partial charge in [0.05, 0.1) is 12.2 Å². The van der Waals surface area contributed by atoms with Gasteiger partial charge in [0.25, 0.3) is 0 Å². The Morgan fingerprint density at radius 2 is 2.50 bits per heavy atom. The number of hydrogen-bond donors (Lipinski definition) is 1. The van der Waals surface area contributed by atoms with Crippen molar-refractivity contribution in [1.29, 1.82) is 0 Å². The van der Waals surface area contributed by atoms with Crippen molar-refractivity contribution in [3.63, 3.8) is 0 Å². The summed E-state index contributed by atoms with van der Waals surface area (Å²) in [5.74, 6) is 0.669. The zero-order chi connectivity index (χ0) is 7.56. The Morgan fingerprint density at radius 1 is 1.80 bits per heavy atom. The third-order valence-electron chi connectivity index (χ3n) is 1.06. The summed E-state index contributed by atoms with van der Waals surface area (Å²) in [6.45, 7) is 2.21. The van der Waals surface area contributed by atoms with Crippen LogP contribution in [0.15, 0.2) is 10.6 Å². The highest BCUT2D eigenvalue weighted by Crippen LogP contribution is 2.02. The molecule has 0 fully saturated rings. The minimum atomic E-state index is 0.376. The van der Waals surface area contributed by atoms with Gasteiger partial charge in [-0.15, -0.1) is 0 Å². The summed E-state index contributed by atoms with van der Waals surface area (Å²) in [5.41, 5.74) is 0.830. The van der Waals surface area contributed by atoms with E-state index in [2.05, 4.69) is 5.16 Å². The molecule has 56 valence electrons. The van der Waals surface area contributed by atoms with E-state index in [1.54, 1.807) is 13.1 Å².